The Labute approximate surface area is 116 Å². The second-order valence-corrected chi connectivity index (χ2v) is 5.31. The predicted octanol–water partition coefficient (Wildman–Crippen LogP) is -0.414. The maximum atomic E-state index is 12.4. The molecule has 2 amide bonds. The van der Waals surface area contributed by atoms with Crippen LogP contribution >= 0.6 is 0 Å². The number of β-amino-alcohol motifs (C(OH)–C–C–N with tert-alkyl or cyclic N) is 1. The SMILES string of the molecule is CN(C(=O)c1ccc2c(c1)NC(=O)C2)[C@H]1CNC[C@@H]1O. The number of aliphatic hydroxyl groups excluding tert-OH is 1. The van der Waals surface area contributed by atoms with Crippen molar-refractivity contribution in [3.63, 3.8) is 0 Å². The summed E-state index contributed by atoms with van der Waals surface area (Å²) in [6, 6.07) is 5.02. The lowest BCUT2D eigenvalue weighted by molar-refractivity contribution is -0.115. The molecule has 0 aliphatic carbocycles. The molecule has 20 heavy (non-hydrogen) atoms. The van der Waals surface area contributed by atoms with Crippen LogP contribution in [0, 0.1) is 0 Å². The third-order valence-electron chi connectivity index (χ3n) is 3.95. The van der Waals surface area contributed by atoms with E-state index in [1.807, 2.05) is 0 Å². The molecule has 3 rings (SSSR count). The van der Waals surface area contributed by atoms with Gasteiger partial charge in [0.1, 0.15) is 0 Å². The van der Waals surface area contributed by atoms with E-state index in [-0.39, 0.29) is 17.9 Å². The van der Waals surface area contributed by atoms with Crippen molar-refractivity contribution in [2.75, 3.05) is 25.5 Å². The number of anilines is 1. The first kappa shape index (κ1) is 13.1. The van der Waals surface area contributed by atoms with Crippen molar-refractivity contribution in [2.45, 2.75) is 18.6 Å². The monoisotopic (exact) mass is 275 g/mol. The Morgan fingerprint density at radius 3 is 2.90 bits per heavy atom. The largest absolute Gasteiger partial charge is 0.390 e. The van der Waals surface area contributed by atoms with E-state index < -0.39 is 6.10 Å². The summed E-state index contributed by atoms with van der Waals surface area (Å²) in [5.74, 6) is -0.199. The fraction of sp³-hybridized carbons (Fsp3) is 0.429. The highest BCUT2D eigenvalue weighted by molar-refractivity contribution is 6.02. The number of carbonyl (C=O) groups excluding carboxylic acids is 2. The lowest BCUT2D eigenvalue weighted by Crippen LogP contribution is -2.44. The molecule has 0 radical (unpaired) electrons. The number of amides is 2. The predicted molar refractivity (Wildman–Crippen MR) is 73.5 cm³/mol. The lowest BCUT2D eigenvalue weighted by Gasteiger charge is -2.26. The third-order valence-corrected chi connectivity index (χ3v) is 3.95. The van der Waals surface area contributed by atoms with Gasteiger partial charge in [-0.05, 0) is 17.7 Å². The van der Waals surface area contributed by atoms with Gasteiger partial charge >= 0.3 is 0 Å². The van der Waals surface area contributed by atoms with Crippen molar-refractivity contribution >= 4 is 17.5 Å². The van der Waals surface area contributed by atoms with Crippen LogP contribution < -0.4 is 10.6 Å². The zero-order valence-corrected chi connectivity index (χ0v) is 11.2. The number of nitrogens with zero attached hydrogens (tertiary/aromatic N) is 1. The van der Waals surface area contributed by atoms with Gasteiger partial charge in [0.15, 0.2) is 0 Å². The zero-order chi connectivity index (χ0) is 14.3. The fourth-order valence-electron chi connectivity index (χ4n) is 2.75. The van der Waals surface area contributed by atoms with Crippen molar-refractivity contribution in [1.29, 1.82) is 0 Å². The smallest absolute Gasteiger partial charge is 0.254 e. The van der Waals surface area contributed by atoms with Crippen LogP contribution in [0.4, 0.5) is 5.69 Å². The van der Waals surface area contributed by atoms with Gasteiger partial charge in [0.25, 0.3) is 5.91 Å². The Kier molecular flexibility index (Phi) is 3.19. The second-order valence-electron chi connectivity index (χ2n) is 5.31. The fourth-order valence-corrected chi connectivity index (χ4v) is 2.75. The molecule has 2 aliphatic rings. The van der Waals surface area contributed by atoms with Gasteiger partial charge in [0, 0.05) is 31.4 Å². The molecular weight excluding hydrogens is 258 g/mol. The second kappa shape index (κ2) is 4.88. The molecule has 3 N–H and O–H groups in total. The molecule has 0 bridgehead atoms. The molecule has 2 aliphatic heterocycles. The van der Waals surface area contributed by atoms with Crippen LogP contribution in [0.1, 0.15) is 15.9 Å². The molecule has 2 heterocycles. The van der Waals surface area contributed by atoms with E-state index in [2.05, 4.69) is 10.6 Å². The van der Waals surface area contributed by atoms with Crippen molar-refractivity contribution < 1.29 is 14.7 Å². The first-order valence-electron chi connectivity index (χ1n) is 6.65. The number of carbonyl (C=O) groups is 2. The van der Waals surface area contributed by atoms with Crippen molar-refractivity contribution in [1.82, 2.24) is 10.2 Å². The Bertz CT molecular complexity index is 573. The Balaban J connectivity index is 1.81. The minimum absolute atomic E-state index is 0.0478. The number of hydrogen-bond acceptors (Lipinski definition) is 4. The van der Waals surface area contributed by atoms with E-state index in [0.717, 1.165) is 5.56 Å². The highest BCUT2D eigenvalue weighted by Crippen LogP contribution is 2.25. The van der Waals surface area contributed by atoms with Crippen LogP contribution in [0.5, 0.6) is 0 Å². The topological polar surface area (TPSA) is 81.7 Å². The summed E-state index contributed by atoms with van der Waals surface area (Å²) in [7, 11) is 1.69. The van der Waals surface area contributed by atoms with Crippen LogP contribution in [0.2, 0.25) is 0 Å². The van der Waals surface area contributed by atoms with Crippen LogP contribution in [0.25, 0.3) is 0 Å². The molecule has 0 unspecified atom stereocenters. The summed E-state index contributed by atoms with van der Waals surface area (Å²) in [4.78, 5) is 25.3. The maximum Gasteiger partial charge on any atom is 0.254 e. The highest BCUT2D eigenvalue weighted by atomic mass is 16.3. The number of likely N-dealkylation sites (N-methyl/N-ethyl adjacent to an activating group) is 1. The van der Waals surface area contributed by atoms with Crippen molar-refractivity contribution in [2.24, 2.45) is 0 Å². The van der Waals surface area contributed by atoms with Gasteiger partial charge in [-0.25, -0.2) is 0 Å². The minimum Gasteiger partial charge on any atom is -0.390 e. The summed E-state index contributed by atoms with van der Waals surface area (Å²) in [6.07, 6.45) is -0.177. The first-order valence-corrected chi connectivity index (χ1v) is 6.65. The van der Waals surface area contributed by atoms with Crippen LogP contribution in [0.3, 0.4) is 0 Å². The molecule has 6 heteroatoms. The van der Waals surface area contributed by atoms with E-state index in [0.29, 0.717) is 30.8 Å². The third kappa shape index (κ3) is 2.17. The van der Waals surface area contributed by atoms with Gasteiger partial charge in [-0.15, -0.1) is 0 Å². The van der Waals surface area contributed by atoms with Crippen LogP contribution in [-0.2, 0) is 11.2 Å². The Morgan fingerprint density at radius 2 is 2.20 bits per heavy atom. The molecule has 6 nitrogen and oxygen atoms in total. The van der Waals surface area contributed by atoms with Crippen molar-refractivity contribution in [3.8, 4) is 0 Å². The summed E-state index contributed by atoms with van der Waals surface area (Å²) < 4.78 is 0. The number of nitrogens with one attached hydrogen (secondary N) is 2. The van der Waals surface area contributed by atoms with E-state index >= 15 is 0 Å². The van der Waals surface area contributed by atoms with Crippen molar-refractivity contribution in [3.05, 3.63) is 29.3 Å². The van der Waals surface area contributed by atoms with Gasteiger partial charge in [-0.2, -0.15) is 0 Å². The summed E-state index contributed by atoms with van der Waals surface area (Å²) in [5, 5.41) is 15.6. The van der Waals surface area contributed by atoms with E-state index in [1.165, 1.54) is 0 Å². The number of rotatable bonds is 2. The Morgan fingerprint density at radius 1 is 1.40 bits per heavy atom. The van der Waals surface area contributed by atoms with Gasteiger partial charge in [0.05, 0.1) is 18.6 Å². The zero-order valence-electron chi connectivity index (χ0n) is 11.2. The quantitative estimate of drug-likeness (QED) is 0.685. The number of fused-ring (bicyclic) bond motifs is 1. The molecule has 2 atom stereocenters. The lowest BCUT2D eigenvalue weighted by atomic mass is 10.1. The Hall–Kier alpha value is -1.92. The van der Waals surface area contributed by atoms with Gasteiger partial charge < -0.3 is 20.6 Å². The molecule has 106 valence electrons. The van der Waals surface area contributed by atoms with Gasteiger partial charge in [-0.1, -0.05) is 6.07 Å². The van der Waals surface area contributed by atoms with Gasteiger partial charge in [-0.3, -0.25) is 9.59 Å². The molecule has 0 aromatic heterocycles. The first-order chi connectivity index (χ1) is 9.56. The standard InChI is InChI=1S/C14H17N3O3/c1-17(11-6-15-7-12(11)18)14(20)9-3-2-8-5-13(19)16-10(8)4-9/h2-4,11-12,15,18H,5-7H2,1H3,(H,16,19)/t11-,12-/m0/s1. The molecule has 0 saturated carbocycles. The molecule has 1 fully saturated rings. The summed E-state index contributed by atoms with van der Waals surface area (Å²) >= 11 is 0. The number of hydrogen-bond donors (Lipinski definition) is 3. The highest BCUT2D eigenvalue weighted by Gasteiger charge is 2.32. The molecule has 1 aromatic rings. The van der Waals surface area contributed by atoms with Crippen LogP contribution in [0.15, 0.2) is 18.2 Å². The normalized spacial score (nSPS) is 24.4. The molecule has 1 saturated heterocycles. The van der Waals surface area contributed by atoms with E-state index in [1.54, 1.807) is 30.1 Å². The van der Waals surface area contributed by atoms with E-state index in [4.69, 9.17) is 0 Å². The summed E-state index contributed by atoms with van der Waals surface area (Å²) in [6.45, 7) is 1.09. The maximum absolute atomic E-state index is 12.4. The average Bonchev–Trinajstić information content (AvgIpc) is 3.00. The molecule has 0 spiro atoms. The molecule has 1 aromatic carbocycles. The summed E-state index contributed by atoms with van der Waals surface area (Å²) in [5.41, 5.74) is 2.14. The minimum atomic E-state index is -0.543. The van der Waals surface area contributed by atoms with E-state index in [9.17, 15) is 14.7 Å². The van der Waals surface area contributed by atoms with Gasteiger partial charge in [0.2, 0.25) is 5.91 Å². The molecular formula is C14H17N3O3. The number of aliphatic hydroxyl groups is 1. The number of benzene rings is 1. The van der Waals surface area contributed by atoms with Crippen LogP contribution in [-0.4, -0.2) is 54.1 Å². The average molecular weight is 275 g/mol.